The number of nitrogens with zero attached hydrogens (tertiary/aromatic N) is 1. The first-order valence-electron chi connectivity index (χ1n) is 6.58. The first kappa shape index (κ1) is 14.3. The normalized spacial score (nSPS) is 15.8. The average molecular weight is 324 g/mol. The molecule has 1 atom stereocenters. The predicted molar refractivity (Wildman–Crippen MR) is 80.1 cm³/mol. The number of carbonyl (C=O) groups excluding carboxylic acids is 2. The van der Waals surface area contributed by atoms with Crippen molar-refractivity contribution >= 4 is 33.3 Å². The highest BCUT2D eigenvalue weighted by Crippen LogP contribution is 2.32. The number of rotatable bonds is 5. The summed E-state index contributed by atoms with van der Waals surface area (Å²) in [5, 5.41) is 0.969. The Morgan fingerprint density at radius 1 is 1.26 bits per heavy atom. The van der Waals surface area contributed by atoms with Gasteiger partial charge in [0.05, 0.1) is 11.3 Å². The van der Waals surface area contributed by atoms with Crippen molar-refractivity contribution < 1.29 is 9.59 Å². The lowest BCUT2D eigenvalue weighted by Gasteiger charge is -2.20. The van der Waals surface area contributed by atoms with Crippen molar-refractivity contribution in [1.82, 2.24) is 0 Å². The summed E-state index contributed by atoms with van der Waals surface area (Å²) in [6.07, 6.45) is 2.00. The van der Waals surface area contributed by atoms with Crippen LogP contribution in [0.2, 0.25) is 0 Å². The molecule has 19 heavy (non-hydrogen) atoms. The highest BCUT2D eigenvalue weighted by Gasteiger charge is 2.36. The summed E-state index contributed by atoms with van der Waals surface area (Å²) >= 11 is 3.43. The number of benzene rings is 1. The molecule has 0 N–H and O–H groups in total. The Bertz CT molecular complexity index is 513. The van der Waals surface area contributed by atoms with E-state index in [1.807, 2.05) is 19.1 Å². The van der Waals surface area contributed by atoms with E-state index in [-0.39, 0.29) is 11.7 Å². The number of amides is 1. The predicted octanol–water partition coefficient (Wildman–Crippen LogP) is 3.34. The summed E-state index contributed by atoms with van der Waals surface area (Å²) in [6, 6.07) is 5.51. The number of aryl methyl sites for hydroxylation is 1. The van der Waals surface area contributed by atoms with Crippen LogP contribution >= 0.6 is 15.9 Å². The van der Waals surface area contributed by atoms with Crippen LogP contribution in [-0.4, -0.2) is 23.6 Å². The largest absolute Gasteiger partial charge is 0.304 e. The molecule has 0 radical (unpaired) electrons. The average Bonchev–Trinajstić information content (AvgIpc) is 2.62. The van der Waals surface area contributed by atoms with E-state index in [0.29, 0.717) is 18.0 Å². The van der Waals surface area contributed by atoms with E-state index in [9.17, 15) is 9.59 Å². The number of Topliss-reactive ketones (excluding diaryl/α,β-unsaturated/α-hetero) is 1. The van der Waals surface area contributed by atoms with E-state index >= 15 is 0 Å². The molecular formula is C15H18BrNO2. The fraction of sp³-hybridized carbons (Fsp3) is 0.467. The maximum Gasteiger partial charge on any atom is 0.299 e. The van der Waals surface area contributed by atoms with Gasteiger partial charge in [-0.3, -0.25) is 9.59 Å². The zero-order chi connectivity index (χ0) is 14.0. The SMILES string of the molecule is Cc1cccc2c1N(CCC(C)CCBr)C(=O)C2=O. The van der Waals surface area contributed by atoms with Crippen molar-refractivity contribution in [2.75, 3.05) is 16.8 Å². The number of ketones is 1. The molecule has 2 rings (SSSR count). The Morgan fingerprint density at radius 3 is 2.68 bits per heavy atom. The molecule has 102 valence electrons. The van der Waals surface area contributed by atoms with E-state index in [1.54, 1.807) is 11.0 Å². The highest BCUT2D eigenvalue weighted by atomic mass is 79.9. The molecule has 0 bridgehead atoms. The Morgan fingerprint density at radius 2 is 2.00 bits per heavy atom. The van der Waals surface area contributed by atoms with Gasteiger partial charge in [0.15, 0.2) is 0 Å². The molecule has 0 aliphatic carbocycles. The summed E-state index contributed by atoms with van der Waals surface area (Å²) in [4.78, 5) is 25.6. The van der Waals surface area contributed by atoms with Gasteiger partial charge in [0.1, 0.15) is 0 Å². The Balaban J connectivity index is 2.19. The lowest BCUT2D eigenvalue weighted by Crippen LogP contribution is -2.31. The number of hydrogen-bond donors (Lipinski definition) is 0. The van der Waals surface area contributed by atoms with Crippen molar-refractivity contribution in [3.05, 3.63) is 29.3 Å². The third-order valence-electron chi connectivity index (χ3n) is 3.64. The fourth-order valence-electron chi connectivity index (χ4n) is 2.43. The third kappa shape index (κ3) is 2.73. The number of anilines is 1. The standard InChI is InChI=1S/C15H18BrNO2/c1-10(6-8-16)7-9-17-13-11(2)4-3-5-12(13)14(18)15(17)19/h3-5,10H,6-9H2,1-2H3. The summed E-state index contributed by atoms with van der Waals surface area (Å²) in [6.45, 7) is 4.73. The van der Waals surface area contributed by atoms with Crippen LogP contribution in [-0.2, 0) is 4.79 Å². The molecule has 1 unspecified atom stereocenters. The molecule has 1 amide bonds. The molecule has 1 aliphatic rings. The van der Waals surface area contributed by atoms with Gasteiger partial charge in [-0.25, -0.2) is 0 Å². The van der Waals surface area contributed by atoms with Crippen LogP contribution in [0.15, 0.2) is 18.2 Å². The number of halogens is 1. The molecule has 1 aromatic rings. The number of alkyl halides is 1. The van der Waals surface area contributed by atoms with E-state index in [2.05, 4.69) is 22.9 Å². The van der Waals surface area contributed by atoms with E-state index in [4.69, 9.17) is 0 Å². The third-order valence-corrected chi connectivity index (χ3v) is 4.10. The molecule has 0 aromatic heterocycles. The zero-order valence-corrected chi connectivity index (χ0v) is 12.9. The van der Waals surface area contributed by atoms with Gasteiger partial charge in [0, 0.05) is 11.9 Å². The molecule has 0 fully saturated rings. The minimum Gasteiger partial charge on any atom is -0.304 e. The van der Waals surface area contributed by atoms with Gasteiger partial charge in [-0.2, -0.15) is 0 Å². The number of fused-ring (bicyclic) bond motifs is 1. The zero-order valence-electron chi connectivity index (χ0n) is 11.3. The van der Waals surface area contributed by atoms with Crippen LogP contribution in [0.1, 0.15) is 35.7 Å². The summed E-state index contributed by atoms with van der Waals surface area (Å²) in [5.74, 6) is -0.211. The minimum atomic E-state index is -0.379. The highest BCUT2D eigenvalue weighted by molar-refractivity contribution is 9.09. The Labute approximate surface area is 122 Å². The molecule has 1 heterocycles. The topological polar surface area (TPSA) is 37.4 Å². The summed E-state index contributed by atoms with van der Waals surface area (Å²) < 4.78 is 0. The molecule has 1 aromatic carbocycles. The number of hydrogen-bond acceptors (Lipinski definition) is 2. The Kier molecular flexibility index (Phi) is 4.40. The molecule has 4 heteroatoms. The first-order valence-corrected chi connectivity index (χ1v) is 7.70. The second-order valence-electron chi connectivity index (χ2n) is 5.13. The maximum atomic E-state index is 12.1. The van der Waals surface area contributed by atoms with Crippen molar-refractivity contribution in [2.45, 2.75) is 26.7 Å². The van der Waals surface area contributed by atoms with Crippen molar-refractivity contribution in [3.8, 4) is 0 Å². The van der Waals surface area contributed by atoms with E-state index in [0.717, 1.165) is 29.4 Å². The molecular weight excluding hydrogens is 306 g/mol. The van der Waals surface area contributed by atoms with Crippen LogP contribution in [0, 0.1) is 12.8 Å². The quantitative estimate of drug-likeness (QED) is 0.615. The van der Waals surface area contributed by atoms with Crippen molar-refractivity contribution in [3.63, 3.8) is 0 Å². The molecule has 1 aliphatic heterocycles. The van der Waals surface area contributed by atoms with Crippen LogP contribution < -0.4 is 4.90 Å². The van der Waals surface area contributed by atoms with Crippen LogP contribution in [0.3, 0.4) is 0 Å². The second-order valence-corrected chi connectivity index (χ2v) is 5.92. The number of para-hydroxylation sites is 1. The summed E-state index contributed by atoms with van der Waals surface area (Å²) in [7, 11) is 0. The molecule has 3 nitrogen and oxygen atoms in total. The smallest absolute Gasteiger partial charge is 0.299 e. The Hall–Kier alpha value is -1.16. The molecule has 0 saturated heterocycles. The summed E-state index contributed by atoms with van der Waals surface area (Å²) in [5.41, 5.74) is 2.35. The monoisotopic (exact) mass is 323 g/mol. The van der Waals surface area contributed by atoms with Crippen molar-refractivity contribution in [2.24, 2.45) is 5.92 Å². The van der Waals surface area contributed by atoms with Gasteiger partial charge < -0.3 is 4.90 Å². The van der Waals surface area contributed by atoms with E-state index in [1.165, 1.54) is 0 Å². The van der Waals surface area contributed by atoms with Crippen molar-refractivity contribution in [1.29, 1.82) is 0 Å². The van der Waals surface area contributed by atoms with Gasteiger partial charge in [0.2, 0.25) is 0 Å². The first-order chi connectivity index (χ1) is 9.06. The lowest BCUT2D eigenvalue weighted by molar-refractivity contribution is -0.114. The van der Waals surface area contributed by atoms with Crippen LogP contribution in [0.4, 0.5) is 5.69 Å². The second kappa shape index (κ2) is 5.87. The molecule has 0 saturated carbocycles. The fourth-order valence-corrected chi connectivity index (χ4v) is 3.21. The van der Waals surface area contributed by atoms with E-state index < -0.39 is 0 Å². The van der Waals surface area contributed by atoms with Gasteiger partial charge >= 0.3 is 0 Å². The molecule has 0 spiro atoms. The maximum absolute atomic E-state index is 12.1. The van der Waals surface area contributed by atoms with Gasteiger partial charge in [-0.1, -0.05) is 35.0 Å². The lowest BCUT2D eigenvalue weighted by atomic mass is 10.0. The minimum absolute atomic E-state index is 0.369. The van der Waals surface area contributed by atoms with Gasteiger partial charge in [-0.05, 0) is 37.3 Å². The van der Waals surface area contributed by atoms with Gasteiger partial charge in [0.25, 0.3) is 11.7 Å². The van der Waals surface area contributed by atoms with Crippen LogP contribution in [0.25, 0.3) is 0 Å². The van der Waals surface area contributed by atoms with Crippen LogP contribution in [0.5, 0.6) is 0 Å². The van der Waals surface area contributed by atoms with Gasteiger partial charge in [-0.15, -0.1) is 0 Å². The number of carbonyl (C=O) groups is 2.